The minimum absolute atomic E-state index is 0.0337. The van der Waals surface area contributed by atoms with Gasteiger partial charge < -0.3 is 10.0 Å². The maximum atomic E-state index is 12.6. The molecule has 0 atom stereocenters. The largest absolute Gasteiger partial charge is 0.476 e. The van der Waals surface area contributed by atoms with Gasteiger partial charge >= 0.3 is 5.97 Å². The molecule has 21 heavy (non-hydrogen) atoms. The number of rotatable bonds is 3. The highest BCUT2D eigenvalue weighted by molar-refractivity contribution is 5.99. The van der Waals surface area contributed by atoms with E-state index in [0.717, 1.165) is 0 Å². The second kappa shape index (κ2) is 4.90. The number of para-hydroxylation sites is 1. The molecule has 0 saturated heterocycles. The van der Waals surface area contributed by atoms with E-state index >= 15 is 0 Å². The molecule has 0 spiro atoms. The molecule has 1 aromatic heterocycles. The minimum atomic E-state index is -1.10. The number of benzene rings is 1. The van der Waals surface area contributed by atoms with Crippen molar-refractivity contribution in [1.29, 1.82) is 0 Å². The fraction of sp³-hybridized carbons (Fsp3) is 0.133. The summed E-state index contributed by atoms with van der Waals surface area (Å²) in [6.07, 6.45) is 3.06. The molecule has 2 heterocycles. The normalized spacial score (nSPS) is 13.3. The summed E-state index contributed by atoms with van der Waals surface area (Å²) < 4.78 is 1.67. The second-order valence-electron chi connectivity index (χ2n) is 4.71. The summed E-state index contributed by atoms with van der Waals surface area (Å²) in [4.78, 5) is 29.4. The molecule has 106 valence electrons. The number of amides is 1. The molecule has 3 rings (SSSR count). The highest BCUT2D eigenvalue weighted by Crippen LogP contribution is 2.26. The molecule has 0 fully saturated rings. The average molecular weight is 283 g/mol. The van der Waals surface area contributed by atoms with E-state index in [4.69, 9.17) is 0 Å². The van der Waals surface area contributed by atoms with Gasteiger partial charge in [0.05, 0.1) is 23.5 Å². The number of carboxylic acids is 1. The highest BCUT2D eigenvalue weighted by atomic mass is 16.4. The Bertz CT molecular complexity index is 748. The van der Waals surface area contributed by atoms with Crippen LogP contribution in [0.5, 0.6) is 0 Å². The van der Waals surface area contributed by atoms with Crippen LogP contribution in [0.3, 0.4) is 0 Å². The Morgan fingerprint density at radius 3 is 2.90 bits per heavy atom. The number of carbonyl (C=O) groups is 2. The first kappa shape index (κ1) is 13.1. The second-order valence-corrected chi connectivity index (χ2v) is 4.71. The van der Waals surface area contributed by atoms with Crippen LogP contribution in [0.1, 0.15) is 26.5 Å². The molecule has 1 aromatic carbocycles. The number of imidazole rings is 1. The molecule has 1 aliphatic rings. The molecule has 0 unspecified atom stereocenters. The molecule has 0 radical (unpaired) electrons. The zero-order valence-electron chi connectivity index (χ0n) is 11.2. The lowest BCUT2D eigenvalue weighted by atomic mass is 10.1. The Hall–Kier alpha value is -2.89. The predicted octanol–water partition coefficient (Wildman–Crippen LogP) is 1.71. The van der Waals surface area contributed by atoms with Gasteiger partial charge in [0.15, 0.2) is 5.69 Å². The summed E-state index contributed by atoms with van der Waals surface area (Å²) in [5.74, 6) is -1.25. The summed E-state index contributed by atoms with van der Waals surface area (Å²) >= 11 is 0. The molecule has 1 N–H and O–H groups in total. The van der Waals surface area contributed by atoms with Gasteiger partial charge in [-0.05, 0) is 12.1 Å². The van der Waals surface area contributed by atoms with Crippen LogP contribution in [-0.4, -0.2) is 38.0 Å². The third-order valence-electron chi connectivity index (χ3n) is 3.44. The van der Waals surface area contributed by atoms with Crippen molar-refractivity contribution in [3.8, 4) is 5.69 Å². The minimum Gasteiger partial charge on any atom is -0.476 e. The van der Waals surface area contributed by atoms with Crippen LogP contribution in [0.4, 0.5) is 0 Å². The number of fused-ring (bicyclic) bond motifs is 3. The maximum absolute atomic E-state index is 12.6. The number of carbonyl (C=O) groups excluding carboxylic acids is 1. The smallest absolute Gasteiger partial charge is 0.356 e. The summed E-state index contributed by atoms with van der Waals surface area (Å²) in [6.45, 7) is 4.17. The van der Waals surface area contributed by atoms with Crippen molar-refractivity contribution in [3.63, 3.8) is 0 Å². The van der Waals surface area contributed by atoms with Gasteiger partial charge in [0.25, 0.3) is 5.91 Å². The summed E-state index contributed by atoms with van der Waals surface area (Å²) in [7, 11) is 0. The number of hydrogen-bond donors (Lipinski definition) is 1. The quantitative estimate of drug-likeness (QED) is 0.870. The van der Waals surface area contributed by atoms with Gasteiger partial charge in [-0.2, -0.15) is 0 Å². The summed E-state index contributed by atoms with van der Waals surface area (Å²) in [5.41, 5.74) is 1.62. The van der Waals surface area contributed by atoms with Gasteiger partial charge in [0.1, 0.15) is 6.33 Å². The SMILES string of the molecule is C=CCN1Cc2c(C(=O)O)ncn2-c2ccccc2C1=O. The number of aromatic nitrogens is 2. The molecular weight excluding hydrogens is 270 g/mol. The Balaban J connectivity index is 2.25. The Kier molecular flexibility index (Phi) is 3.06. The topological polar surface area (TPSA) is 75.4 Å². The van der Waals surface area contributed by atoms with E-state index in [2.05, 4.69) is 11.6 Å². The fourth-order valence-electron chi connectivity index (χ4n) is 2.50. The first-order chi connectivity index (χ1) is 10.1. The molecule has 0 bridgehead atoms. The van der Waals surface area contributed by atoms with Gasteiger partial charge in [-0.3, -0.25) is 9.36 Å². The lowest BCUT2D eigenvalue weighted by Crippen LogP contribution is -2.30. The summed E-state index contributed by atoms with van der Waals surface area (Å²) in [6, 6.07) is 7.09. The van der Waals surface area contributed by atoms with Crippen molar-refractivity contribution >= 4 is 11.9 Å². The predicted molar refractivity (Wildman–Crippen MR) is 75.5 cm³/mol. The van der Waals surface area contributed by atoms with E-state index < -0.39 is 5.97 Å². The standard InChI is InChI=1S/C15H13N3O3/c1-2-7-17-8-12-13(15(20)21)16-9-18(12)11-6-4-3-5-10(11)14(17)19/h2-6,9H,1,7-8H2,(H,20,21). The molecule has 1 aliphatic heterocycles. The van der Waals surface area contributed by atoms with Crippen LogP contribution >= 0.6 is 0 Å². The number of carboxylic acid groups (broad SMARTS) is 1. The third kappa shape index (κ3) is 2.01. The Morgan fingerprint density at radius 2 is 2.19 bits per heavy atom. The summed E-state index contributed by atoms with van der Waals surface area (Å²) in [5, 5.41) is 9.25. The molecule has 6 heteroatoms. The lowest BCUT2D eigenvalue weighted by Gasteiger charge is -2.18. The van der Waals surface area contributed by atoms with Gasteiger partial charge in [0, 0.05) is 6.54 Å². The number of hydrogen-bond acceptors (Lipinski definition) is 3. The van der Waals surface area contributed by atoms with E-state index in [1.165, 1.54) is 6.33 Å². The van der Waals surface area contributed by atoms with Gasteiger partial charge in [-0.15, -0.1) is 6.58 Å². The van der Waals surface area contributed by atoms with Crippen molar-refractivity contribution in [3.05, 3.63) is 60.2 Å². The zero-order chi connectivity index (χ0) is 15.0. The molecule has 0 aliphatic carbocycles. The van der Waals surface area contributed by atoms with E-state index in [1.807, 2.05) is 0 Å². The molecule has 6 nitrogen and oxygen atoms in total. The van der Waals surface area contributed by atoms with E-state index in [-0.39, 0.29) is 18.1 Å². The van der Waals surface area contributed by atoms with Crippen LogP contribution < -0.4 is 0 Å². The van der Waals surface area contributed by atoms with Crippen molar-refractivity contribution in [2.24, 2.45) is 0 Å². The Labute approximate surface area is 120 Å². The van der Waals surface area contributed by atoms with Gasteiger partial charge in [0.2, 0.25) is 0 Å². The first-order valence-electron chi connectivity index (χ1n) is 6.42. The highest BCUT2D eigenvalue weighted by Gasteiger charge is 2.29. The van der Waals surface area contributed by atoms with Crippen LogP contribution in [-0.2, 0) is 6.54 Å². The van der Waals surface area contributed by atoms with Crippen molar-refractivity contribution in [1.82, 2.24) is 14.5 Å². The van der Waals surface area contributed by atoms with Crippen LogP contribution in [0.2, 0.25) is 0 Å². The van der Waals surface area contributed by atoms with E-state index in [9.17, 15) is 14.7 Å². The maximum Gasteiger partial charge on any atom is 0.356 e. The lowest BCUT2D eigenvalue weighted by molar-refractivity contribution is 0.0680. The first-order valence-corrected chi connectivity index (χ1v) is 6.42. The van der Waals surface area contributed by atoms with Crippen LogP contribution in [0, 0.1) is 0 Å². The molecule has 1 amide bonds. The van der Waals surface area contributed by atoms with Crippen molar-refractivity contribution in [2.45, 2.75) is 6.54 Å². The fourth-order valence-corrected chi connectivity index (χ4v) is 2.50. The van der Waals surface area contributed by atoms with Crippen LogP contribution in [0.15, 0.2) is 43.2 Å². The van der Waals surface area contributed by atoms with Crippen LogP contribution in [0.25, 0.3) is 5.69 Å². The number of nitrogens with zero attached hydrogens (tertiary/aromatic N) is 3. The molecule has 0 saturated carbocycles. The monoisotopic (exact) mass is 283 g/mol. The van der Waals surface area contributed by atoms with E-state index in [1.54, 1.807) is 39.8 Å². The Morgan fingerprint density at radius 1 is 1.43 bits per heavy atom. The molecule has 2 aromatic rings. The van der Waals surface area contributed by atoms with Gasteiger partial charge in [-0.1, -0.05) is 18.2 Å². The van der Waals surface area contributed by atoms with E-state index in [0.29, 0.717) is 23.5 Å². The van der Waals surface area contributed by atoms with Gasteiger partial charge in [-0.25, -0.2) is 9.78 Å². The van der Waals surface area contributed by atoms with Crippen molar-refractivity contribution in [2.75, 3.05) is 6.54 Å². The number of aromatic carboxylic acids is 1. The third-order valence-corrected chi connectivity index (χ3v) is 3.44. The zero-order valence-corrected chi connectivity index (χ0v) is 11.2. The van der Waals surface area contributed by atoms with Crippen molar-refractivity contribution < 1.29 is 14.7 Å². The molecular formula is C15H13N3O3. The average Bonchev–Trinajstić information content (AvgIpc) is 2.85.